The number of nitrogens with zero attached hydrogens (tertiary/aromatic N) is 2. The molecular weight excluding hydrogens is 462 g/mol. The van der Waals surface area contributed by atoms with Gasteiger partial charge in [0.05, 0.1) is 32.1 Å². The highest BCUT2D eigenvalue weighted by Gasteiger charge is 2.25. The second kappa shape index (κ2) is 13.4. The lowest BCUT2D eigenvalue weighted by atomic mass is 10.2. The van der Waals surface area contributed by atoms with Gasteiger partial charge in [-0.2, -0.15) is 10.2 Å². The van der Waals surface area contributed by atoms with Crippen molar-refractivity contribution in [3.63, 3.8) is 0 Å². The SMILES string of the molecule is CCOc1cccc(N=NC(C(C)=O)C(=O)Nc2ccc(OCC)c(OCC)c2Cl)c1OCC. The van der Waals surface area contributed by atoms with Gasteiger partial charge in [0.15, 0.2) is 28.8 Å². The molecule has 1 N–H and O–H groups in total. The molecule has 0 radical (unpaired) electrons. The number of azo groups is 1. The van der Waals surface area contributed by atoms with E-state index in [0.29, 0.717) is 55.1 Å². The zero-order valence-electron chi connectivity index (χ0n) is 20.0. The van der Waals surface area contributed by atoms with E-state index in [0.717, 1.165) is 0 Å². The fourth-order valence-electron chi connectivity index (χ4n) is 2.96. The largest absolute Gasteiger partial charge is 0.490 e. The molecular formula is C24H30ClN3O6. The molecule has 0 saturated heterocycles. The number of ether oxygens (including phenoxy) is 4. The number of halogens is 1. The number of amides is 1. The molecule has 1 atom stereocenters. The zero-order valence-corrected chi connectivity index (χ0v) is 20.8. The van der Waals surface area contributed by atoms with E-state index in [1.165, 1.54) is 6.92 Å². The summed E-state index contributed by atoms with van der Waals surface area (Å²) in [6, 6.07) is 6.92. The van der Waals surface area contributed by atoms with Crippen molar-refractivity contribution in [3.8, 4) is 23.0 Å². The summed E-state index contributed by atoms with van der Waals surface area (Å²) in [6.07, 6.45) is 0. The van der Waals surface area contributed by atoms with Gasteiger partial charge in [0, 0.05) is 0 Å². The minimum atomic E-state index is -1.40. The molecule has 184 valence electrons. The van der Waals surface area contributed by atoms with Crippen LogP contribution in [0.4, 0.5) is 11.4 Å². The van der Waals surface area contributed by atoms with Crippen LogP contribution in [0.1, 0.15) is 34.6 Å². The van der Waals surface area contributed by atoms with Crippen molar-refractivity contribution < 1.29 is 28.5 Å². The maximum Gasteiger partial charge on any atom is 0.258 e. The van der Waals surface area contributed by atoms with Crippen LogP contribution >= 0.6 is 11.6 Å². The van der Waals surface area contributed by atoms with Crippen LogP contribution in [-0.4, -0.2) is 44.2 Å². The lowest BCUT2D eigenvalue weighted by molar-refractivity contribution is -0.126. The highest BCUT2D eigenvalue weighted by Crippen LogP contribution is 2.41. The molecule has 0 aromatic heterocycles. The quantitative estimate of drug-likeness (QED) is 0.288. The number of hydrogen-bond donors (Lipinski definition) is 1. The molecule has 0 heterocycles. The summed E-state index contributed by atoms with van der Waals surface area (Å²) in [5.74, 6) is 0.450. The number of ketones is 1. The van der Waals surface area contributed by atoms with Crippen molar-refractivity contribution >= 4 is 34.7 Å². The number of rotatable bonds is 13. The maximum absolute atomic E-state index is 12.9. The van der Waals surface area contributed by atoms with E-state index in [1.807, 2.05) is 20.8 Å². The second-order valence-corrected chi connectivity index (χ2v) is 7.19. The van der Waals surface area contributed by atoms with Crippen molar-refractivity contribution in [1.29, 1.82) is 0 Å². The van der Waals surface area contributed by atoms with Gasteiger partial charge in [-0.25, -0.2) is 0 Å². The van der Waals surface area contributed by atoms with E-state index in [-0.39, 0.29) is 10.7 Å². The van der Waals surface area contributed by atoms with Crippen molar-refractivity contribution in [3.05, 3.63) is 35.4 Å². The lowest BCUT2D eigenvalue weighted by Crippen LogP contribution is -2.32. The number of Topliss-reactive ketones (excluding diaryl/α,β-unsaturated/α-hetero) is 1. The van der Waals surface area contributed by atoms with Crippen molar-refractivity contribution in [1.82, 2.24) is 0 Å². The predicted octanol–water partition coefficient (Wildman–Crippen LogP) is 5.61. The number of hydrogen-bond acceptors (Lipinski definition) is 8. The summed E-state index contributed by atoms with van der Waals surface area (Å²) >= 11 is 6.44. The Balaban J connectivity index is 2.33. The molecule has 0 saturated carbocycles. The monoisotopic (exact) mass is 491 g/mol. The molecule has 2 aromatic rings. The molecule has 1 amide bonds. The molecule has 0 spiro atoms. The first kappa shape index (κ1) is 26.9. The standard InChI is InChI=1S/C24H30ClN3O6/c1-6-31-18-12-10-11-17(22(18)33-8-3)27-28-21(15(5)29)24(30)26-16-13-14-19(32-7-2)23(20(16)25)34-9-4/h10-14,21H,6-9H2,1-5H3,(H,26,30). The molecule has 2 aromatic carbocycles. The number of benzene rings is 2. The Bertz CT molecular complexity index is 1030. The molecule has 1 unspecified atom stereocenters. The van der Waals surface area contributed by atoms with E-state index < -0.39 is 17.7 Å². The first-order valence-electron chi connectivity index (χ1n) is 11.1. The average molecular weight is 492 g/mol. The Kier molecular flexibility index (Phi) is 10.6. The predicted molar refractivity (Wildman–Crippen MR) is 130 cm³/mol. The second-order valence-electron chi connectivity index (χ2n) is 6.81. The number of carbonyl (C=O) groups is 2. The number of carbonyl (C=O) groups excluding carboxylic acids is 2. The molecule has 10 heteroatoms. The first-order chi connectivity index (χ1) is 16.4. The van der Waals surface area contributed by atoms with E-state index in [9.17, 15) is 9.59 Å². The summed E-state index contributed by atoms with van der Waals surface area (Å²) < 4.78 is 22.3. The third-order valence-electron chi connectivity index (χ3n) is 4.37. The molecule has 0 aliphatic carbocycles. The van der Waals surface area contributed by atoms with Crippen LogP contribution in [0, 0.1) is 0 Å². The fourth-order valence-corrected chi connectivity index (χ4v) is 3.22. The Morgan fingerprint density at radius 2 is 1.47 bits per heavy atom. The van der Waals surface area contributed by atoms with E-state index in [2.05, 4.69) is 15.5 Å². The highest BCUT2D eigenvalue weighted by atomic mass is 35.5. The Labute approximate surface area is 204 Å². The Morgan fingerprint density at radius 3 is 2.06 bits per heavy atom. The van der Waals surface area contributed by atoms with Gasteiger partial charge in [0.2, 0.25) is 6.04 Å². The van der Waals surface area contributed by atoms with Gasteiger partial charge in [-0.1, -0.05) is 17.7 Å². The summed E-state index contributed by atoms with van der Waals surface area (Å²) in [6.45, 7) is 10.2. The third kappa shape index (κ3) is 6.84. The lowest BCUT2D eigenvalue weighted by Gasteiger charge is -2.16. The minimum Gasteiger partial charge on any atom is -0.490 e. The van der Waals surface area contributed by atoms with Gasteiger partial charge in [-0.05, 0) is 58.9 Å². The zero-order chi connectivity index (χ0) is 25.1. The summed E-state index contributed by atoms with van der Waals surface area (Å²) in [5.41, 5.74) is 0.595. The molecule has 0 aliphatic heterocycles. The van der Waals surface area contributed by atoms with Crippen LogP contribution in [0.15, 0.2) is 40.6 Å². The van der Waals surface area contributed by atoms with Crippen LogP contribution < -0.4 is 24.3 Å². The molecule has 34 heavy (non-hydrogen) atoms. The van der Waals surface area contributed by atoms with E-state index in [1.54, 1.807) is 37.3 Å². The average Bonchev–Trinajstić information content (AvgIpc) is 2.80. The summed E-state index contributed by atoms with van der Waals surface area (Å²) in [5, 5.41) is 10.9. The third-order valence-corrected chi connectivity index (χ3v) is 4.74. The van der Waals surface area contributed by atoms with Crippen LogP contribution in [-0.2, 0) is 9.59 Å². The molecule has 0 aliphatic rings. The van der Waals surface area contributed by atoms with Gasteiger partial charge in [-0.3, -0.25) is 9.59 Å². The smallest absolute Gasteiger partial charge is 0.258 e. The molecule has 9 nitrogen and oxygen atoms in total. The molecule has 0 bridgehead atoms. The maximum atomic E-state index is 12.9. The van der Waals surface area contributed by atoms with Gasteiger partial charge in [0.25, 0.3) is 5.91 Å². The van der Waals surface area contributed by atoms with Gasteiger partial charge >= 0.3 is 0 Å². The summed E-state index contributed by atoms with van der Waals surface area (Å²) in [7, 11) is 0. The summed E-state index contributed by atoms with van der Waals surface area (Å²) in [4.78, 5) is 25.1. The van der Waals surface area contributed by atoms with Crippen molar-refractivity contribution in [2.24, 2.45) is 10.2 Å². The topological polar surface area (TPSA) is 108 Å². The fraction of sp³-hybridized carbons (Fsp3) is 0.417. The van der Waals surface area contributed by atoms with E-state index in [4.69, 9.17) is 30.5 Å². The normalized spacial score (nSPS) is 11.7. The van der Waals surface area contributed by atoms with Crippen molar-refractivity contribution in [2.75, 3.05) is 31.7 Å². The van der Waals surface area contributed by atoms with E-state index >= 15 is 0 Å². The van der Waals surface area contributed by atoms with Gasteiger partial charge < -0.3 is 24.3 Å². The Hall–Kier alpha value is -3.33. The first-order valence-corrected chi connectivity index (χ1v) is 11.4. The highest BCUT2D eigenvalue weighted by molar-refractivity contribution is 6.35. The van der Waals surface area contributed by atoms with Crippen LogP contribution in [0.25, 0.3) is 0 Å². The number of nitrogens with one attached hydrogen (secondary N) is 1. The van der Waals surface area contributed by atoms with Crippen molar-refractivity contribution in [2.45, 2.75) is 40.7 Å². The van der Waals surface area contributed by atoms with Gasteiger partial charge in [0.1, 0.15) is 10.7 Å². The van der Waals surface area contributed by atoms with Crippen LogP contribution in [0.5, 0.6) is 23.0 Å². The molecule has 0 fully saturated rings. The molecule has 2 rings (SSSR count). The van der Waals surface area contributed by atoms with Crippen LogP contribution in [0.3, 0.4) is 0 Å². The number of para-hydroxylation sites is 1. The van der Waals surface area contributed by atoms with Gasteiger partial charge in [-0.15, -0.1) is 0 Å². The Morgan fingerprint density at radius 1 is 0.882 bits per heavy atom. The minimum absolute atomic E-state index is 0.156. The van der Waals surface area contributed by atoms with Crippen LogP contribution in [0.2, 0.25) is 5.02 Å². The number of anilines is 1.